The van der Waals surface area contributed by atoms with Crippen molar-refractivity contribution in [3.63, 3.8) is 0 Å². The summed E-state index contributed by atoms with van der Waals surface area (Å²) in [5.74, 6) is -2.15. The molecule has 0 bridgehead atoms. The molecule has 1 aliphatic rings. The number of nitriles is 1. The number of benzene rings is 2. The van der Waals surface area contributed by atoms with Crippen LogP contribution in [0.5, 0.6) is 11.5 Å². The van der Waals surface area contributed by atoms with Crippen molar-refractivity contribution in [1.29, 1.82) is 5.26 Å². The average molecular weight is 625 g/mol. The van der Waals surface area contributed by atoms with Gasteiger partial charge in [-0.1, -0.05) is 28.1 Å². The van der Waals surface area contributed by atoms with Gasteiger partial charge in [0.25, 0.3) is 5.91 Å². The minimum Gasteiger partial charge on any atom is -0.448 e. The van der Waals surface area contributed by atoms with Gasteiger partial charge < -0.3 is 15.0 Å². The summed E-state index contributed by atoms with van der Waals surface area (Å²) in [7, 11) is 0. The molecular formula is C30H31BrFN5O4. The molecule has 1 aromatic heterocycles. The van der Waals surface area contributed by atoms with Crippen molar-refractivity contribution in [2.24, 2.45) is 5.41 Å². The Balaban J connectivity index is 1.56. The van der Waals surface area contributed by atoms with E-state index in [0.717, 1.165) is 16.1 Å². The summed E-state index contributed by atoms with van der Waals surface area (Å²) in [5.41, 5.74) is 0.251. The van der Waals surface area contributed by atoms with Crippen molar-refractivity contribution >= 4 is 27.7 Å². The van der Waals surface area contributed by atoms with Crippen molar-refractivity contribution in [3.05, 3.63) is 85.5 Å². The number of aryl methyl sites for hydroxylation is 2. The highest BCUT2D eigenvalue weighted by atomic mass is 79.9. The van der Waals surface area contributed by atoms with Gasteiger partial charge in [0.05, 0.1) is 29.3 Å². The Morgan fingerprint density at radius 3 is 2.63 bits per heavy atom. The molecule has 0 spiro atoms. The molecule has 3 atom stereocenters. The van der Waals surface area contributed by atoms with Gasteiger partial charge in [-0.15, -0.1) is 0 Å². The highest BCUT2D eigenvalue weighted by Crippen LogP contribution is 2.43. The summed E-state index contributed by atoms with van der Waals surface area (Å²) in [6.07, 6.45) is 1.31. The van der Waals surface area contributed by atoms with E-state index in [4.69, 9.17) is 4.74 Å². The number of aromatic nitrogens is 2. The summed E-state index contributed by atoms with van der Waals surface area (Å²) in [6.45, 7) is 8.38. The second-order valence-electron chi connectivity index (χ2n) is 10.8. The summed E-state index contributed by atoms with van der Waals surface area (Å²) >= 11 is 3.49. The standard InChI is InChI=1S/C30H31BrFN5O4/c1-16-11-20(14-22(32)26(16)41-24-12-17(2)35-36-28(24)39)27(38)34-18(3)29(40)37-23(19-7-6-8-21(31)13-19)9-10-25(37)30(4,5)15-33/h6-8,11-14,18,23,25H,9-10H2,1-5H3,(H,34,38)(H,36,39)/t18-,23?,25?/m1/s1. The Bertz CT molecular complexity index is 1580. The predicted molar refractivity (Wildman–Crippen MR) is 154 cm³/mol. The average Bonchev–Trinajstić information content (AvgIpc) is 3.38. The lowest BCUT2D eigenvalue weighted by Gasteiger charge is -2.38. The first-order valence-corrected chi connectivity index (χ1v) is 14.0. The molecule has 2 aromatic carbocycles. The van der Waals surface area contributed by atoms with Crippen LogP contribution in [0.25, 0.3) is 0 Å². The fraction of sp³-hybridized carbons (Fsp3) is 0.367. The van der Waals surface area contributed by atoms with E-state index < -0.39 is 28.7 Å². The number of aromatic amines is 1. The Labute approximate surface area is 245 Å². The lowest BCUT2D eigenvalue weighted by atomic mass is 9.84. The summed E-state index contributed by atoms with van der Waals surface area (Å²) in [6, 6.07) is 12.2. The number of rotatable bonds is 7. The number of amides is 2. The van der Waals surface area contributed by atoms with E-state index in [2.05, 4.69) is 37.5 Å². The number of carbonyl (C=O) groups is 2. The van der Waals surface area contributed by atoms with E-state index >= 15 is 4.39 Å². The molecule has 2 amide bonds. The molecule has 1 fully saturated rings. The van der Waals surface area contributed by atoms with E-state index in [1.165, 1.54) is 12.1 Å². The van der Waals surface area contributed by atoms with E-state index in [1.807, 2.05) is 24.3 Å². The number of H-pyrrole nitrogens is 1. The highest BCUT2D eigenvalue weighted by Gasteiger charge is 2.46. The van der Waals surface area contributed by atoms with Crippen LogP contribution in [-0.4, -0.2) is 39.0 Å². The maximum atomic E-state index is 15.1. The van der Waals surface area contributed by atoms with Crippen LogP contribution in [0.2, 0.25) is 0 Å². The smallest absolute Gasteiger partial charge is 0.307 e. The third-order valence-corrected chi connectivity index (χ3v) is 7.81. The molecule has 11 heteroatoms. The molecule has 9 nitrogen and oxygen atoms in total. The van der Waals surface area contributed by atoms with Crippen molar-refractivity contribution < 1.29 is 18.7 Å². The molecular weight excluding hydrogens is 593 g/mol. The number of nitrogens with zero attached hydrogens (tertiary/aromatic N) is 3. The second-order valence-corrected chi connectivity index (χ2v) is 11.8. The molecule has 2 unspecified atom stereocenters. The first kappa shape index (κ1) is 29.9. The molecule has 2 N–H and O–H groups in total. The van der Waals surface area contributed by atoms with Crippen LogP contribution in [0, 0.1) is 36.4 Å². The van der Waals surface area contributed by atoms with Crippen LogP contribution in [0.3, 0.4) is 0 Å². The van der Waals surface area contributed by atoms with Crippen LogP contribution in [0.15, 0.2) is 51.7 Å². The van der Waals surface area contributed by atoms with Crippen LogP contribution in [0.4, 0.5) is 4.39 Å². The van der Waals surface area contributed by atoms with Crippen LogP contribution >= 0.6 is 15.9 Å². The third-order valence-electron chi connectivity index (χ3n) is 7.31. The Hall–Kier alpha value is -4.04. The quantitative estimate of drug-likeness (QED) is 0.358. The second kappa shape index (κ2) is 11.8. The maximum Gasteiger partial charge on any atom is 0.307 e. The van der Waals surface area contributed by atoms with E-state index in [0.29, 0.717) is 18.5 Å². The predicted octanol–water partition coefficient (Wildman–Crippen LogP) is 5.48. The van der Waals surface area contributed by atoms with Gasteiger partial charge in [0.2, 0.25) is 5.91 Å². The fourth-order valence-corrected chi connectivity index (χ4v) is 5.58. The van der Waals surface area contributed by atoms with Gasteiger partial charge in [-0.3, -0.25) is 14.4 Å². The number of likely N-dealkylation sites (tertiary alicyclic amines) is 1. The number of hydrogen-bond donors (Lipinski definition) is 2. The maximum absolute atomic E-state index is 15.1. The first-order valence-electron chi connectivity index (χ1n) is 13.2. The van der Waals surface area contributed by atoms with Crippen molar-refractivity contribution in [2.75, 3.05) is 0 Å². The number of hydrogen-bond acceptors (Lipinski definition) is 6. The number of halogens is 2. The van der Waals surface area contributed by atoms with Gasteiger partial charge in [-0.25, -0.2) is 9.49 Å². The fourth-order valence-electron chi connectivity index (χ4n) is 5.17. The zero-order valence-electron chi connectivity index (χ0n) is 23.4. The molecule has 0 radical (unpaired) electrons. The number of nitrogens with one attached hydrogen (secondary N) is 2. The lowest BCUT2D eigenvalue weighted by Crippen LogP contribution is -2.52. The van der Waals surface area contributed by atoms with Gasteiger partial charge in [-0.05, 0) is 82.9 Å². The lowest BCUT2D eigenvalue weighted by molar-refractivity contribution is -0.137. The summed E-state index contributed by atoms with van der Waals surface area (Å²) < 4.78 is 21.5. The van der Waals surface area contributed by atoms with Crippen molar-refractivity contribution in [2.45, 2.75) is 65.6 Å². The van der Waals surface area contributed by atoms with E-state index in [9.17, 15) is 19.6 Å². The SMILES string of the molecule is Cc1cc(Oc2c(C)cc(C(=O)N[C@H](C)C(=O)N3C(c4cccc(Br)c4)CCC3C(C)(C)C#N)cc2F)c(=O)[nH]n1. The summed E-state index contributed by atoms with van der Waals surface area (Å²) in [5, 5.41) is 18.6. The van der Waals surface area contributed by atoms with E-state index in [1.54, 1.807) is 39.5 Å². The van der Waals surface area contributed by atoms with Gasteiger partial charge in [0.1, 0.15) is 6.04 Å². The molecule has 2 heterocycles. The molecule has 0 saturated carbocycles. The molecule has 1 saturated heterocycles. The monoisotopic (exact) mass is 623 g/mol. The van der Waals surface area contributed by atoms with E-state index in [-0.39, 0.29) is 40.6 Å². The van der Waals surface area contributed by atoms with Crippen LogP contribution < -0.4 is 15.6 Å². The Morgan fingerprint density at radius 2 is 1.98 bits per heavy atom. The molecule has 3 aromatic rings. The highest BCUT2D eigenvalue weighted by molar-refractivity contribution is 9.10. The largest absolute Gasteiger partial charge is 0.448 e. The molecule has 41 heavy (non-hydrogen) atoms. The van der Waals surface area contributed by atoms with Crippen molar-refractivity contribution in [1.82, 2.24) is 20.4 Å². The first-order chi connectivity index (χ1) is 19.3. The minimum atomic E-state index is -0.954. The Morgan fingerprint density at radius 1 is 1.24 bits per heavy atom. The zero-order chi connectivity index (χ0) is 30.1. The van der Waals surface area contributed by atoms with Crippen molar-refractivity contribution in [3.8, 4) is 17.6 Å². The normalized spacial score (nSPS) is 17.6. The number of ether oxygens (including phenoxy) is 1. The van der Waals surface area contributed by atoms with Gasteiger partial charge in [0, 0.05) is 16.1 Å². The summed E-state index contributed by atoms with van der Waals surface area (Å²) in [4.78, 5) is 40.8. The van der Waals surface area contributed by atoms with Gasteiger partial charge >= 0.3 is 5.56 Å². The molecule has 0 aliphatic carbocycles. The molecule has 1 aliphatic heterocycles. The van der Waals surface area contributed by atoms with Gasteiger partial charge in [0.15, 0.2) is 17.3 Å². The zero-order valence-corrected chi connectivity index (χ0v) is 25.0. The molecule has 4 rings (SSSR count). The third kappa shape index (κ3) is 6.33. The topological polar surface area (TPSA) is 128 Å². The number of carbonyl (C=O) groups excluding carboxylic acids is 2. The van der Waals surface area contributed by atoms with Crippen LogP contribution in [0.1, 0.15) is 66.8 Å². The van der Waals surface area contributed by atoms with Crippen LogP contribution in [-0.2, 0) is 4.79 Å². The van der Waals surface area contributed by atoms with Gasteiger partial charge in [-0.2, -0.15) is 10.4 Å². The Kier molecular flexibility index (Phi) is 8.63. The molecule has 214 valence electrons. The minimum absolute atomic E-state index is 0.00863.